The molecule has 0 saturated carbocycles. The number of rotatable bonds is 7. The van der Waals surface area contributed by atoms with Crippen LogP contribution >= 0.6 is 11.6 Å². The number of benzene rings is 2. The maximum Gasteiger partial charge on any atom is 0.332 e. The largest absolute Gasteiger partial charge is 0.493 e. The van der Waals surface area contributed by atoms with Gasteiger partial charge >= 0.3 is 5.97 Å². The van der Waals surface area contributed by atoms with Crippen molar-refractivity contribution in [3.8, 4) is 5.75 Å². The molecule has 6 heteroatoms. The van der Waals surface area contributed by atoms with Gasteiger partial charge in [-0.15, -0.1) is 0 Å². The molecule has 2 aromatic rings. The number of aliphatic hydroxyl groups is 1. The van der Waals surface area contributed by atoms with E-state index < -0.39 is 12.1 Å². The summed E-state index contributed by atoms with van der Waals surface area (Å²) in [6.45, 7) is 2.35. The number of hydrogen-bond donors (Lipinski definition) is 1. The molecule has 0 aliphatic carbocycles. The predicted molar refractivity (Wildman–Crippen MR) is 97.4 cm³/mol. The first-order chi connectivity index (χ1) is 12.6. The molecule has 2 aromatic carbocycles. The van der Waals surface area contributed by atoms with Gasteiger partial charge in [0.25, 0.3) is 0 Å². The molecular formula is C20H21ClO5. The molecule has 0 fully saturated rings. The fourth-order valence-corrected chi connectivity index (χ4v) is 3.28. The standard InChI is InChI=1S/C20H21ClO5/c1-2-24-18(23)12-26-20(14-4-3-5-16(21)10-14)17-9-13(11-22)8-15-6-7-25-19(15)17/h3-5,8-10,20,22H,2,6-7,11-12H2,1H3. The van der Waals surface area contributed by atoms with Crippen LogP contribution in [-0.4, -0.2) is 30.9 Å². The van der Waals surface area contributed by atoms with Gasteiger partial charge in [0.15, 0.2) is 0 Å². The van der Waals surface area contributed by atoms with Gasteiger partial charge in [-0.3, -0.25) is 0 Å². The number of fused-ring (bicyclic) bond motifs is 1. The van der Waals surface area contributed by atoms with Crippen molar-refractivity contribution >= 4 is 17.6 Å². The third-order valence-electron chi connectivity index (χ3n) is 4.16. The van der Waals surface area contributed by atoms with Gasteiger partial charge in [0.1, 0.15) is 18.5 Å². The topological polar surface area (TPSA) is 65.0 Å². The minimum absolute atomic E-state index is 0.0829. The van der Waals surface area contributed by atoms with Crippen LogP contribution < -0.4 is 4.74 Å². The maximum atomic E-state index is 11.8. The van der Waals surface area contributed by atoms with E-state index in [0.717, 1.165) is 34.4 Å². The summed E-state index contributed by atoms with van der Waals surface area (Å²) in [5.74, 6) is 0.312. The van der Waals surface area contributed by atoms with E-state index in [0.29, 0.717) is 18.2 Å². The van der Waals surface area contributed by atoms with Crippen LogP contribution in [0.25, 0.3) is 0 Å². The smallest absolute Gasteiger partial charge is 0.332 e. The fourth-order valence-electron chi connectivity index (χ4n) is 3.08. The van der Waals surface area contributed by atoms with E-state index in [-0.39, 0.29) is 13.2 Å². The Kier molecular flexibility index (Phi) is 6.14. The minimum Gasteiger partial charge on any atom is -0.493 e. The summed E-state index contributed by atoms with van der Waals surface area (Å²) in [5.41, 5.74) is 3.37. The van der Waals surface area contributed by atoms with Crippen LogP contribution in [0.15, 0.2) is 36.4 Å². The third kappa shape index (κ3) is 4.18. The molecule has 3 rings (SSSR count). The molecule has 1 aliphatic rings. The lowest BCUT2D eigenvalue weighted by Gasteiger charge is -2.22. The SMILES string of the molecule is CCOC(=O)COC(c1cccc(Cl)c1)c1cc(CO)cc2c1OCC2. The van der Waals surface area contributed by atoms with Crippen LogP contribution in [0, 0.1) is 0 Å². The summed E-state index contributed by atoms with van der Waals surface area (Å²) in [6.07, 6.45) is 0.215. The van der Waals surface area contributed by atoms with E-state index in [1.54, 1.807) is 19.1 Å². The molecule has 0 amide bonds. The number of ether oxygens (including phenoxy) is 3. The Balaban J connectivity index is 2.00. The average molecular weight is 377 g/mol. The number of carbonyl (C=O) groups excluding carboxylic acids is 1. The molecule has 1 unspecified atom stereocenters. The molecule has 0 saturated heterocycles. The molecule has 5 nitrogen and oxygen atoms in total. The third-order valence-corrected chi connectivity index (χ3v) is 4.40. The Hall–Kier alpha value is -2.08. The first-order valence-corrected chi connectivity index (χ1v) is 8.92. The lowest BCUT2D eigenvalue weighted by Crippen LogP contribution is -2.17. The van der Waals surface area contributed by atoms with Gasteiger partial charge in [-0.1, -0.05) is 23.7 Å². The summed E-state index contributed by atoms with van der Waals surface area (Å²) >= 11 is 6.15. The fraction of sp³-hybridized carbons (Fsp3) is 0.350. The molecule has 138 valence electrons. The van der Waals surface area contributed by atoms with E-state index in [9.17, 15) is 9.90 Å². The summed E-state index contributed by atoms with van der Waals surface area (Å²) < 4.78 is 16.7. The van der Waals surface area contributed by atoms with Crippen molar-refractivity contribution in [2.75, 3.05) is 19.8 Å². The number of halogens is 1. The second kappa shape index (κ2) is 8.54. The molecular weight excluding hydrogens is 356 g/mol. The molecule has 0 aromatic heterocycles. The minimum atomic E-state index is -0.559. The molecule has 0 radical (unpaired) electrons. The highest BCUT2D eigenvalue weighted by Crippen LogP contribution is 2.39. The van der Waals surface area contributed by atoms with Gasteiger partial charge in [0.2, 0.25) is 0 Å². The van der Waals surface area contributed by atoms with Crippen molar-refractivity contribution in [3.05, 3.63) is 63.7 Å². The summed E-state index contributed by atoms with van der Waals surface area (Å²) in [5, 5.41) is 10.2. The highest BCUT2D eigenvalue weighted by Gasteiger charge is 2.26. The maximum absolute atomic E-state index is 11.8. The lowest BCUT2D eigenvalue weighted by atomic mass is 9.95. The normalized spacial score (nSPS) is 13.8. The Morgan fingerprint density at radius 2 is 2.19 bits per heavy atom. The van der Waals surface area contributed by atoms with Crippen LogP contribution in [0.3, 0.4) is 0 Å². The second-order valence-electron chi connectivity index (χ2n) is 5.98. The number of aliphatic hydroxyl groups excluding tert-OH is 1. The van der Waals surface area contributed by atoms with Gasteiger partial charge in [-0.25, -0.2) is 4.79 Å². The first-order valence-electron chi connectivity index (χ1n) is 8.54. The van der Waals surface area contributed by atoms with Gasteiger partial charge in [-0.05, 0) is 47.9 Å². The molecule has 26 heavy (non-hydrogen) atoms. The predicted octanol–water partition coefficient (Wildman–Crippen LogP) is 3.44. The van der Waals surface area contributed by atoms with Gasteiger partial charge in [0, 0.05) is 17.0 Å². The average Bonchev–Trinajstić information content (AvgIpc) is 3.10. The monoisotopic (exact) mass is 376 g/mol. The van der Waals surface area contributed by atoms with E-state index in [4.69, 9.17) is 25.8 Å². The van der Waals surface area contributed by atoms with E-state index in [1.807, 2.05) is 24.3 Å². The summed E-state index contributed by atoms with van der Waals surface area (Å²) in [6, 6.07) is 11.1. The van der Waals surface area contributed by atoms with Gasteiger partial charge in [0.05, 0.1) is 19.8 Å². The van der Waals surface area contributed by atoms with Crippen molar-refractivity contribution in [3.63, 3.8) is 0 Å². The van der Waals surface area contributed by atoms with Crippen LogP contribution in [0.4, 0.5) is 0 Å². The number of hydrogen-bond acceptors (Lipinski definition) is 5. The summed E-state index contributed by atoms with van der Waals surface area (Å²) in [7, 11) is 0. The second-order valence-corrected chi connectivity index (χ2v) is 6.42. The summed E-state index contributed by atoms with van der Waals surface area (Å²) in [4.78, 5) is 11.8. The van der Waals surface area contributed by atoms with E-state index in [2.05, 4.69) is 0 Å². The van der Waals surface area contributed by atoms with E-state index >= 15 is 0 Å². The molecule has 1 heterocycles. The lowest BCUT2D eigenvalue weighted by molar-refractivity contribution is -0.149. The highest BCUT2D eigenvalue weighted by molar-refractivity contribution is 6.30. The van der Waals surface area contributed by atoms with Gasteiger partial charge < -0.3 is 19.3 Å². The number of carbonyl (C=O) groups is 1. The molecule has 1 N–H and O–H groups in total. The van der Waals surface area contributed by atoms with Gasteiger partial charge in [-0.2, -0.15) is 0 Å². The van der Waals surface area contributed by atoms with Crippen molar-refractivity contribution in [1.29, 1.82) is 0 Å². The molecule has 1 aliphatic heterocycles. The molecule has 0 spiro atoms. The number of esters is 1. The van der Waals surface area contributed by atoms with E-state index in [1.165, 1.54) is 0 Å². The van der Waals surface area contributed by atoms with Crippen LogP contribution in [-0.2, 0) is 27.3 Å². The Labute approximate surface area is 157 Å². The Morgan fingerprint density at radius 3 is 2.92 bits per heavy atom. The van der Waals surface area contributed by atoms with Crippen molar-refractivity contribution in [2.45, 2.75) is 26.1 Å². The van der Waals surface area contributed by atoms with Crippen LogP contribution in [0.5, 0.6) is 5.75 Å². The van der Waals surface area contributed by atoms with Crippen molar-refractivity contribution in [2.24, 2.45) is 0 Å². The molecule has 1 atom stereocenters. The van der Waals surface area contributed by atoms with Crippen LogP contribution in [0.2, 0.25) is 5.02 Å². The van der Waals surface area contributed by atoms with Crippen molar-refractivity contribution in [1.82, 2.24) is 0 Å². The zero-order chi connectivity index (χ0) is 18.5. The molecule has 0 bridgehead atoms. The zero-order valence-electron chi connectivity index (χ0n) is 14.5. The Morgan fingerprint density at radius 1 is 1.35 bits per heavy atom. The van der Waals surface area contributed by atoms with Crippen molar-refractivity contribution < 1.29 is 24.1 Å². The van der Waals surface area contributed by atoms with Crippen LogP contribution in [0.1, 0.15) is 35.3 Å². The highest BCUT2D eigenvalue weighted by atomic mass is 35.5. The quantitative estimate of drug-likeness (QED) is 0.750. The Bertz CT molecular complexity index is 790. The zero-order valence-corrected chi connectivity index (χ0v) is 15.3. The first kappa shape index (κ1) is 18.7.